The summed E-state index contributed by atoms with van der Waals surface area (Å²) < 4.78 is 10.3. The van der Waals surface area contributed by atoms with Gasteiger partial charge >= 0.3 is 0 Å². The molecule has 0 unspecified atom stereocenters. The van der Waals surface area contributed by atoms with E-state index in [9.17, 15) is 4.79 Å². The van der Waals surface area contributed by atoms with Crippen molar-refractivity contribution in [2.45, 2.75) is 13.0 Å². The zero-order valence-corrected chi connectivity index (χ0v) is 13.5. The van der Waals surface area contributed by atoms with Gasteiger partial charge in [0.2, 0.25) is 5.82 Å². The first-order valence-electron chi connectivity index (χ1n) is 7.25. The molecule has 0 fully saturated rings. The maximum atomic E-state index is 12.3. The Morgan fingerprint density at radius 1 is 1.12 bits per heavy atom. The van der Waals surface area contributed by atoms with Crippen LogP contribution in [0.15, 0.2) is 59.2 Å². The first kappa shape index (κ1) is 16.0. The molecule has 0 radical (unpaired) electrons. The largest absolute Gasteiger partial charge is 0.479 e. The highest BCUT2D eigenvalue weighted by Crippen LogP contribution is 2.26. The summed E-state index contributed by atoms with van der Waals surface area (Å²) in [7, 11) is 0. The summed E-state index contributed by atoms with van der Waals surface area (Å²) in [4.78, 5) is 12.3. The van der Waals surface area contributed by atoms with E-state index in [-0.39, 0.29) is 11.7 Å². The van der Waals surface area contributed by atoms with E-state index in [1.165, 1.54) is 0 Å². The van der Waals surface area contributed by atoms with Crippen LogP contribution in [0.2, 0.25) is 5.02 Å². The van der Waals surface area contributed by atoms with Crippen molar-refractivity contribution in [1.82, 2.24) is 10.3 Å². The third-order valence-electron chi connectivity index (χ3n) is 3.29. The minimum absolute atomic E-state index is 0.237. The minimum atomic E-state index is -0.773. The summed E-state index contributed by atoms with van der Waals surface area (Å²) in [5.74, 6) is 0.284. The molecular weight excluding hydrogens is 330 g/mol. The normalized spacial score (nSPS) is 11.8. The second-order valence-corrected chi connectivity index (χ2v) is 5.41. The number of hydrogen-bond acceptors (Lipinski definition) is 5. The molecule has 1 atom stereocenters. The van der Waals surface area contributed by atoms with Crippen LogP contribution >= 0.6 is 11.6 Å². The van der Waals surface area contributed by atoms with Crippen molar-refractivity contribution in [3.05, 3.63) is 59.6 Å². The van der Waals surface area contributed by atoms with Gasteiger partial charge in [-0.1, -0.05) is 54.1 Å². The summed E-state index contributed by atoms with van der Waals surface area (Å²) in [5.41, 5.74) is 1.24. The van der Waals surface area contributed by atoms with Crippen LogP contribution in [-0.4, -0.2) is 22.3 Å². The second kappa shape index (κ2) is 7.14. The van der Waals surface area contributed by atoms with Crippen LogP contribution in [-0.2, 0) is 4.79 Å². The number of nitrogens with one attached hydrogen (secondary N) is 1. The van der Waals surface area contributed by atoms with Crippen LogP contribution in [0.4, 0.5) is 5.82 Å². The molecule has 24 heavy (non-hydrogen) atoms. The molecule has 1 aromatic heterocycles. The molecule has 1 N–H and O–H groups in total. The Kier molecular flexibility index (Phi) is 4.77. The number of amides is 1. The molecule has 0 saturated carbocycles. The lowest BCUT2D eigenvalue weighted by molar-refractivity contribution is -0.122. The highest BCUT2D eigenvalue weighted by atomic mass is 35.5. The van der Waals surface area contributed by atoms with Crippen LogP contribution in [0.3, 0.4) is 0 Å². The third kappa shape index (κ3) is 3.55. The van der Waals surface area contributed by atoms with Gasteiger partial charge in [0.15, 0.2) is 11.8 Å². The highest BCUT2D eigenvalue weighted by Gasteiger charge is 2.20. The van der Waals surface area contributed by atoms with Gasteiger partial charge in [0, 0.05) is 5.56 Å². The predicted octanol–water partition coefficient (Wildman–Crippen LogP) is 3.80. The Morgan fingerprint density at radius 2 is 1.83 bits per heavy atom. The fourth-order valence-electron chi connectivity index (χ4n) is 2.06. The molecule has 0 spiro atoms. The van der Waals surface area contributed by atoms with Crippen molar-refractivity contribution < 1.29 is 14.2 Å². The van der Waals surface area contributed by atoms with Gasteiger partial charge in [0.05, 0.1) is 5.02 Å². The summed E-state index contributed by atoms with van der Waals surface area (Å²) in [6.07, 6.45) is -0.773. The molecule has 0 aliphatic rings. The number of hydrogen-bond donors (Lipinski definition) is 1. The molecule has 1 amide bonds. The number of nitrogens with zero attached hydrogens (tertiary/aromatic N) is 2. The summed E-state index contributed by atoms with van der Waals surface area (Å²) in [6.45, 7) is 1.62. The van der Waals surface area contributed by atoms with E-state index < -0.39 is 6.10 Å². The first-order valence-corrected chi connectivity index (χ1v) is 7.63. The Hall–Kier alpha value is -2.86. The van der Waals surface area contributed by atoms with Crippen LogP contribution in [0.25, 0.3) is 11.3 Å². The van der Waals surface area contributed by atoms with E-state index in [1.54, 1.807) is 31.2 Å². The SMILES string of the molecule is C[C@@H](Oc1ccccc1Cl)C(=O)Nc1nonc1-c1ccccc1. The quantitative estimate of drug-likeness (QED) is 0.762. The molecular formula is C17H14ClN3O3. The Balaban J connectivity index is 1.72. The Bertz CT molecular complexity index is 836. The van der Waals surface area contributed by atoms with Crippen molar-refractivity contribution >= 4 is 23.3 Å². The third-order valence-corrected chi connectivity index (χ3v) is 3.60. The van der Waals surface area contributed by atoms with Gasteiger partial charge in [-0.25, -0.2) is 4.63 Å². The van der Waals surface area contributed by atoms with Crippen molar-refractivity contribution in [3.63, 3.8) is 0 Å². The van der Waals surface area contributed by atoms with E-state index in [0.717, 1.165) is 5.56 Å². The van der Waals surface area contributed by atoms with Crippen LogP contribution < -0.4 is 10.1 Å². The van der Waals surface area contributed by atoms with Crippen molar-refractivity contribution in [2.24, 2.45) is 0 Å². The van der Waals surface area contributed by atoms with Gasteiger partial charge < -0.3 is 10.1 Å². The zero-order chi connectivity index (χ0) is 16.9. The number of anilines is 1. The molecule has 3 aromatic rings. The van der Waals surface area contributed by atoms with Gasteiger partial charge in [0.25, 0.3) is 5.91 Å². The fraction of sp³-hybridized carbons (Fsp3) is 0.118. The number of carbonyl (C=O) groups excluding carboxylic acids is 1. The molecule has 122 valence electrons. The van der Waals surface area contributed by atoms with Crippen molar-refractivity contribution in [3.8, 4) is 17.0 Å². The topological polar surface area (TPSA) is 77.2 Å². The molecule has 2 aromatic carbocycles. The van der Waals surface area contributed by atoms with Gasteiger partial charge in [-0.2, -0.15) is 0 Å². The number of halogens is 1. The standard InChI is InChI=1S/C17H14ClN3O3/c1-11(23-14-10-6-5-9-13(14)18)17(22)19-16-15(20-24-21-16)12-7-3-2-4-8-12/h2-11H,1H3,(H,19,21,22)/t11-/m1/s1. The van der Waals surface area contributed by atoms with E-state index >= 15 is 0 Å². The smallest absolute Gasteiger partial charge is 0.266 e. The van der Waals surface area contributed by atoms with Crippen LogP contribution in [0.5, 0.6) is 5.75 Å². The first-order chi connectivity index (χ1) is 11.6. The molecule has 0 bridgehead atoms. The minimum Gasteiger partial charge on any atom is -0.479 e. The fourth-order valence-corrected chi connectivity index (χ4v) is 2.24. The number of rotatable bonds is 5. The van der Waals surface area contributed by atoms with Crippen molar-refractivity contribution in [1.29, 1.82) is 0 Å². The molecule has 7 heteroatoms. The van der Waals surface area contributed by atoms with E-state index in [2.05, 4.69) is 15.6 Å². The summed E-state index contributed by atoms with van der Waals surface area (Å²) in [6, 6.07) is 16.2. The average Bonchev–Trinajstić information content (AvgIpc) is 3.05. The van der Waals surface area contributed by atoms with Gasteiger partial charge in [0.1, 0.15) is 5.75 Å². The summed E-state index contributed by atoms with van der Waals surface area (Å²) >= 11 is 6.03. The number of aromatic nitrogens is 2. The average molecular weight is 344 g/mol. The Labute approximate surface area is 143 Å². The van der Waals surface area contributed by atoms with E-state index in [1.807, 2.05) is 30.3 Å². The number of ether oxygens (including phenoxy) is 1. The Morgan fingerprint density at radius 3 is 2.58 bits per heavy atom. The molecule has 0 aliphatic heterocycles. The number of benzene rings is 2. The summed E-state index contributed by atoms with van der Waals surface area (Å²) in [5, 5.41) is 10.7. The maximum absolute atomic E-state index is 12.3. The lowest BCUT2D eigenvalue weighted by Gasteiger charge is -2.14. The van der Waals surface area contributed by atoms with Crippen molar-refractivity contribution in [2.75, 3.05) is 5.32 Å². The van der Waals surface area contributed by atoms with Gasteiger partial charge in [-0.3, -0.25) is 4.79 Å². The number of carbonyl (C=O) groups is 1. The van der Waals surface area contributed by atoms with E-state index in [4.69, 9.17) is 21.0 Å². The van der Waals surface area contributed by atoms with Crippen LogP contribution in [0, 0.1) is 0 Å². The molecule has 1 heterocycles. The maximum Gasteiger partial charge on any atom is 0.266 e. The highest BCUT2D eigenvalue weighted by molar-refractivity contribution is 6.32. The molecule has 0 saturated heterocycles. The second-order valence-electron chi connectivity index (χ2n) is 5.01. The zero-order valence-electron chi connectivity index (χ0n) is 12.8. The number of para-hydroxylation sites is 1. The molecule has 6 nitrogen and oxygen atoms in total. The lowest BCUT2D eigenvalue weighted by atomic mass is 10.1. The van der Waals surface area contributed by atoms with Gasteiger partial charge in [-0.05, 0) is 29.4 Å². The predicted molar refractivity (Wildman–Crippen MR) is 89.9 cm³/mol. The molecule has 0 aliphatic carbocycles. The van der Waals surface area contributed by atoms with E-state index in [0.29, 0.717) is 16.5 Å². The monoisotopic (exact) mass is 343 g/mol. The van der Waals surface area contributed by atoms with Gasteiger partial charge in [-0.15, -0.1) is 0 Å². The van der Waals surface area contributed by atoms with Crippen LogP contribution in [0.1, 0.15) is 6.92 Å². The molecule has 3 rings (SSSR count). The lowest BCUT2D eigenvalue weighted by Crippen LogP contribution is -2.30.